The van der Waals surface area contributed by atoms with Gasteiger partial charge in [0.05, 0.1) is 11.2 Å². The minimum atomic E-state index is -0.182. The Morgan fingerprint density at radius 3 is 2.83 bits per heavy atom. The van der Waals surface area contributed by atoms with Crippen LogP contribution in [0.2, 0.25) is 0 Å². The predicted octanol–water partition coefficient (Wildman–Crippen LogP) is 6.60. The molecule has 0 saturated heterocycles. The average Bonchev–Trinajstić information content (AvgIpc) is 2.78. The van der Waals surface area contributed by atoms with Gasteiger partial charge in [-0.3, -0.25) is 9.98 Å². The van der Waals surface area contributed by atoms with Crippen molar-refractivity contribution in [1.29, 1.82) is 0 Å². The van der Waals surface area contributed by atoms with Crippen molar-refractivity contribution < 1.29 is 4.39 Å². The monoisotopic (exact) mass is 403 g/mol. The molecule has 1 fully saturated rings. The fourth-order valence-electron chi connectivity index (χ4n) is 5.13. The standard InChI is InChI=1S/C26H30FN3/c1-3-19(18-30-15-5-4-6-23(30)17-28-2)20-7-9-21(10-8-20)24-13-14-29-26-12-11-22(27)16-25(24)26/h4-6,11-17,19-21H,2-3,7-10,18H2,1H3/b23-17-. The van der Waals surface area contributed by atoms with Gasteiger partial charge in [0.25, 0.3) is 0 Å². The van der Waals surface area contributed by atoms with Gasteiger partial charge in [-0.15, -0.1) is 0 Å². The number of aliphatic imine (C=N–C) groups is 1. The van der Waals surface area contributed by atoms with Gasteiger partial charge >= 0.3 is 0 Å². The largest absolute Gasteiger partial charge is 0.346 e. The summed E-state index contributed by atoms with van der Waals surface area (Å²) in [6.07, 6.45) is 18.0. The third-order valence-electron chi connectivity index (χ3n) is 6.77. The smallest absolute Gasteiger partial charge is 0.123 e. The summed E-state index contributed by atoms with van der Waals surface area (Å²) in [4.78, 5) is 10.7. The average molecular weight is 404 g/mol. The second-order valence-corrected chi connectivity index (χ2v) is 8.43. The Morgan fingerprint density at radius 1 is 1.23 bits per heavy atom. The summed E-state index contributed by atoms with van der Waals surface area (Å²) in [6.45, 7) is 6.92. The van der Waals surface area contributed by atoms with Gasteiger partial charge in [-0.25, -0.2) is 4.39 Å². The van der Waals surface area contributed by atoms with Gasteiger partial charge < -0.3 is 4.90 Å². The third kappa shape index (κ3) is 4.38. The van der Waals surface area contributed by atoms with Gasteiger partial charge in [-0.05, 0) is 92.1 Å². The molecule has 4 heteroatoms. The SMILES string of the molecule is C=N/C=C1/C=CC=CN1CC(CC)C1CCC(c2ccnc3ccc(F)cc23)CC1. The van der Waals surface area contributed by atoms with E-state index in [4.69, 9.17) is 0 Å². The first-order valence-corrected chi connectivity index (χ1v) is 11.0. The molecule has 2 aromatic rings. The van der Waals surface area contributed by atoms with Gasteiger partial charge in [-0.2, -0.15) is 0 Å². The first-order valence-electron chi connectivity index (χ1n) is 11.0. The van der Waals surface area contributed by atoms with E-state index in [1.807, 2.05) is 18.5 Å². The molecule has 4 rings (SSSR count). The summed E-state index contributed by atoms with van der Waals surface area (Å²) >= 11 is 0. The quantitative estimate of drug-likeness (QED) is 0.508. The second-order valence-electron chi connectivity index (χ2n) is 8.43. The fourth-order valence-corrected chi connectivity index (χ4v) is 5.13. The van der Waals surface area contributed by atoms with Gasteiger partial charge in [0.15, 0.2) is 0 Å². The summed E-state index contributed by atoms with van der Waals surface area (Å²) in [5, 5.41) is 0.977. The summed E-state index contributed by atoms with van der Waals surface area (Å²) in [7, 11) is 0. The van der Waals surface area contributed by atoms with Gasteiger partial charge in [-0.1, -0.05) is 19.4 Å². The van der Waals surface area contributed by atoms with E-state index in [2.05, 4.69) is 52.9 Å². The first-order chi connectivity index (χ1) is 14.7. The van der Waals surface area contributed by atoms with E-state index in [0.717, 1.165) is 36.0 Å². The number of aromatic nitrogens is 1. The highest BCUT2D eigenvalue weighted by Crippen LogP contribution is 2.42. The van der Waals surface area contributed by atoms with Crippen LogP contribution in [0, 0.1) is 17.7 Å². The molecule has 2 heterocycles. The zero-order chi connectivity index (χ0) is 20.9. The number of allylic oxidation sites excluding steroid dienone is 3. The Hall–Kier alpha value is -2.75. The fraction of sp³-hybridized carbons (Fsp3) is 0.385. The van der Waals surface area contributed by atoms with Crippen LogP contribution in [0.25, 0.3) is 10.9 Å². The Bertz CT molecular complexity index is 983. The molecule has 156 valence electrons. The van der Waals surface area contributed by atoms with Gasteiger partial charge in [0.2, 0.25) is 0 Å². The van der Waals surface area contributed by atoms with Crippen molar-refractivity contribution in [2.45, 2.75) is 44.9 Å². The van der Waals surface area contributed by atoms with Crippen molar-refractivity contribution in [3.05, 3.63) is 78.2 Å². The molecule has 30 heavy (non-hydrogen) atoms. The molecule has 0 spiro atoms. The number of hydrogen-bond acceptors (Lipinski definition) is 3. The number of hydrogen-bond donors (Lipinski definition) is 0. The summed E-state index contributed by atoms with van der Waals surface area (Å²) in [5.74, 6) is 1.66. The maximum Gasteiger partial charge on any atom is 0.123 e. The van der Waals surface area contributed by atoms with Crippen molar-refractivity contribution in [2.24, 2.45) is 16.8 Å². The van der Waals surface area contributed by atoms with Crippen molar-refractivity contribution in [2.75, 3.05) is 6.54 Å². The number of nitrogens with zero attached hydrogens (tertiary/aromatic N) is 3. The zero-order valence-corrected chi connectivity index (χ0v) is 17.7. The lowest BCUT2D eigenvalue weighted by molar-refractivity contribution is 0.196. The van der Waals surface area contributed by atoms with E-state index < -0.39 is 0 Å². The van der Waals surface area contributed by atoms with Crippen LogP contribution in [0.3, 0.4) is 0 Å². The molecule has 1 atom stereocenters. The molecule has 0 N–H and O–H groups in total. The molecule has 3 nitrogen and oxygen atoms in total. The molecule has 1 saturated carbocycles. The number of halogens is 1. The number of pyridine rings is 1. The van der Waals surface area contributed by atoms with Crippen LogP contribution in [0.4, 0.5) is 4.39 Å². The van der Waals surface area contributed by atoms with Crippen molar-refractivity contribution in [3.63, 3.8) is 0 Å². The lowest BCUT2D eigenvalue weighted by atomic mass is 9.72. The molecule has 1 aliphatic carbocycles. The van der Waals surface area contributed by atoms with Crippen LogP contribution in [-0.4, -0.2) is 23.1 Å². The zero-order valence-electron chi connectivity index (χ0n) is 17.7. The highest BCUT2D eigenvalue weighted by atomic mass is 19.1. The highest BCUT2D eigenvalue weighted by Gasteiger charge is 2.29. The molecule has 1 unspecified atom stereocenters. The molecule has 1 aromatic heterocycles. The van der Waals surface area contributed by atoms with Crippen LogP contribution >= 0.6 is 0 Å². The lowest BCUT2D eigenvalue weighted by Crippen LogP contribution is -2.31. The lowest BCUT2D eigenvalue weighted by Gasteiger charge is -2.37. The Balaban J connectivity index is 1.44. The number of benzene rings is 1. The van der Waals surface area contributed by atoms with Crippen LogP contribution in [0.15, 0.2) is 71.8 Å². The summed E-state index contributed by atoms with van der Waals surface area (Å²) < 4.78 is 13.8. The Morgan fingerprint density at radius 2 is 2.07 bits per heavy atom. The second kappa shape index (κ2) is 9.38. The van der Waals surface area contributed by atoms with Crippen molar-refractivity contribution in [1.82, 2.24) is 9.88 Å². The predicted molar refractivity (Wildman–Crippen MR) is 123 cm³/mol. The van der Waals surface area contributed by atoms with Crippen molar-refractivity contribution >= 4 is 17.6 Å². The maximum absolute atomic E-state index is 13.8. The minimum absolute atomic E-state index is 0.182. The van der Waals surface area contributed by atoms with E-state index in [0.29, 0.717) is 17.8 Å². The highest BCUT2D eigenvalue weighted by molar-refractivity contribution is 5.82. The number of fused-ring (bicyclic) bond motifs is 1. The van der Waals surface area contributed by atoms with E-state index in [9.17, 15) is 4.39 Å². The summed E-state index contributed by atoms with van der Waals surface area (Å²) in [6, 6.07) is 7.03. The molecule has 2 aliphatic rings. The van der Waals surface area contributed by atoms with E-state index in [1.165, 1.54) is 30.9 Å². The topological polar surface area (TPSA) is 28.5 Å². The number of rotatable bonds is 6. The van der Waals surface area contributed by atoms with Crippen LogP contribution in [-0.2, 0) is 0 Å². The van der Waals surface area contributed by atoms with E-state index >= 15 is 0 Å². The van der Waals surface area contributed by atoms with Crippen LogP contribution < -0.4 is 0 Å². The van der Waals surface area contributed by atoms with Gasteiger partial charge in [0.1, 0.15) is 5.82 Å². The van der Waals surface area contributed by atoms with Crippen LogP contribution in [0.1, 0.15) is 50.5 Å². The Labute approximate surface area is 178 Å². The van der Waals surface area contributed by atoms with E-state index in [1.54, 1.807) is 12.1 Å². The van der Waals surface area contributed by atoms with Gasteiger partial charge in [0, 0.05) is 30.5 Å². The van der Waals surface area contributed by atoms with Crippen molar-refractivity contribution in [3.8, 4) is 0 Å². The molecule has 1 aliphatic heterocycles. The summed E-state index contributed by atoms with van der Waals surface area (Å²) in [5.41, 5.74) is 3.25. The molecule has 0 bridgehead atoms. The normalized spacial score (nSPS) is 23.8. The molecular formula is C26H30FN3. The third-order valence-corrected chi connectivity index (χ3v) is 6.77. The van der Waals surface area contributed by atoms with E-state index in [-0.39, 0.29) is 5.82 Å². The maximum atomic E-state index is 13.8. The van der Waals surface area contributed by atoms with Crippen LogP contribution in [0.5, 0.6) is 0 Å². The Kier molecular flexibility index (Phi) is 6.41. The molecule has 1 aromatic carbocycles. The molecule has 0 amide bonds. The minimum Gasteiger partial charge on any atom is -0.346 e. The first kappa shape index (κ1) is 20.5. The molecular weight excluding hydrogens is 373 g/mol. The molecule has 0 radical (unpaired) electrons.